The summed E-state index contributed by atoms with van der Waals surface area (Å²) in [6, 6.07) is 11.8. The zero-order valence-corrected chi connectivity index (χ0v) is 14.7. The molecule has 0 unspecified atom stereocenters. The van der Waals surface area contributed by atoms with Crippen molar-refractivity contribution in [2.24, 2.45) is 0 Å². The van der Waals surface area contributed by atoms with E-state index in [9.17, 15) is 23.1 Å². The lowest BCUT2D eigenvalue weighted by Crippen LogP contribution is -2.36. The van der Waals surface area contributed by atoms with Gasteiger partial charge in [-0.15, -0.1) is 0 Å². The molecule has 2 N–H and O–H groups in total. The van der Waals surface area contributed by atoms with Gasteiger partial charge in [0.15, 0.2) is 6.61 Å². The molecule has 1 amide bonds. The number of aromatic nitrogens is 1. The molecule has 2 aromatic rings. The van der Waals surface area contributed by atoms with Gasteiger partial charge in [0.25, 0.3) is 0 Å². The van der Waals surface area contributed by atoms with Gasteiger partial charge in [-0.2, -0.15) is 13.2 Å². The number of aryl methyl sites for hydroxylation is 1. The van der Waals surface area contributed by atoms with Gasteiger partial charge in [-0.25, -0.2) is 0 Å². The first-order valence-corrected chi connectivity index (χ1v) is 8.42. The number of rotatable bonds is 8. The molecule has 0 saturated carbocycles. The molecule has 0 fully saturated rings. The predicted molar refractivity (Wildman–Crippen MR) is 93.1 cm³/mol. The fraction of sp³-hybridized carbons (Fsp3) is 0.368. The Balaban J connectivity index is 1.82. The predicted octanol–water partition coefficient (Wildman–Crippen LogP) is 3.19. The van der Waals surface area contributed by atoms with Gasteiger partial charge >= 0.3 is 6.18 Å². The molecule has 1 aromatic heterocycles. The first-order chi connectivity index (χ1) is 12.7. The van der Waals surface area contributed by atoms with E-state index < -0.39 is 30.8 Å². The van der Waals surface area contributed by atoms with Crippen LogP contribution in [0, 0.1) is 0 Å². The number of aliphatic hydroxyl groups excluding tert-OH is 1. The number of aliphatic hydroxyl groups is 1. The number of pyridine rings is 1. The van der Waals surface area contributed by atoms with E-state index in [0.717, 1.165) is 11.8 Å². The van der Waals surface area contributed by atoms with Gasteiger partial charge in [0.1, 0.15) is 11.9 Å². The Morgan fingerprint density at radius 1 is 1.22 bits per heavy atom. The van der Waals surface area contributed by atoms with Crippen LogP contribution >= 0.6 is 0 Å². The van der Waals surface area contributed by atoms with Gasteiger partial charge in [-0.1, -0.05) is 30.3 Å². The number of ether oxygens (including phenoxy) is 1. The Labute approximate surface area is 155 Å². The summed E-state index contributed by atoms with van der Waals surface area (Å²) < 4.78 is 41.0. The lowest BCUT2D eigenvalue weighted by Gasteiger charge is -2.17. The molecule has 5 nitrogen and oxygen atoms in total. The molecule has 0 aliphatic carbocycles. The van der Waals surface area contributed by atoms with Crippen LogP contribution in [0.25, 0.3) is 0 Å². The van der Waals surface area contributed by atoms with E-state index in [1.54, 1.807) is 6.92 Å². The van der Waals surface area contributed by atoms with E-state index in [4.69, 9.17) is 0 Å². The number of hydrogen-bond acceptors (Lipinski definition) is 4. The number of nitrogens with one attached hydrogen (secondary N) is 1. The molecule has 8 heteroatoms. The Morgan fingerprint density at radius 3 is 2.52 bits per heavy atom. The van der Waals surface area contributed by atoms with Gasteiger partial charge in [0.2, 0.25) is 5.91 Å². The third-order valence-electron chi connectivity index (χ3n) is 3.82. The normalized spacial score (nSPS) is 13.7. The molecule has 0 saturated heterocycles. The summed E-state index contributed by atoms with van der Waals surface area (Å²) in [5.74, 6) is -0.546. The zero-order valence-electron chi connectivity index (χ0n) is 14.7. The first-order valence-electron chi connectivity index (χ1n) is 8.42. The van der Waals surface area contributed by atoms with E-state index >= 15 is 0 Å². The number of carbonyl (C=O) groups is 1. The number of hydrogen-bond donors (Lipinski definition) is 2. The first kappa shape index (κ1) is 20.7. The minimum atomic E-state index is -4.42. The smallest absolute Gasteiger partial charge is 0.422 e. The van der Waals surface area contributed by atoms with Crippen molar-refractivity contribution in [3.8, 4) is 5.75 Å². The van der Waals surface area contributed by atoms with Crippen molar-refractivity contribution in [3.63, 3.8) is 0 Å². The summed E-state index contributed by atoms with van der Waals surface area (Å²) in [6.07, 6.45) is -3.58. The van der Waals surface area contributed by atoms with Crippen LogP contribution in [0.4, 0.5) is 13.2 Å². The molecule has 0 aliphatic heterocycles. The second-order valence-electron chi connectivity index (χ2n) is 6.09. The lowest BCUT2D eigenvalue weighted by atomic mass is 10.1. The highest BCUT2D eigenvalue weighted by Crippen LogP contribution is 2.19. The van der Waals surface area contributed by atoms with Crippen LogP contribution in [0.5, 0.6) is 5.75 Å². The number of carbonyl (C=O) groups excluding carboxylic acids is 1. The van der Waals surface area contributed by atoms with Gasteiger partial charge in [0.05, 0.1) is 17.9 Å². The average Bonchev–Trinajstić information content (AvgIpc) is 2.65. The monoisotopic (exact) mass is 382 g/mol. The minimum Gasteiger partial charge on any atom is -0.483 e. The average molecular weight is 382 g/mol. The molecule has 0 spiro atoms. The Hall–Kier alpha value is -2.61. The summed E-state index contributed by atoms with van der Waals surface area (Å²) in [7, 11) is 0. The molecular formula is C19H21F3N2O3. The third-order valence-corrected chi connectivity index (χ3v) is 3.82. The lowest BCUT2D eigenvalue weighted by molar-refractivity contribution is -0.153. The van der Waals surface area contributed by atoms with E-state index in [0.29, 0.717) is 12.1 Å². The van der Waals surface area contributed by atoms with Crippen molar-refractivity contribution in [2.75, 3.05) is 6.61 Å². The van der Waals surface area contributed by atoms with Gasteiger partial charge in [0, 0.05) is 0 Å². The van der Waals surface area contributed by atoms with Crippen molar-refractivity contribution in [1.82, 2.24) is 10.3 Å². The highest BCUT2D eigenvalue weighted by molar-refractivity contribution is 5.80. The van der Waals surface area contributed by atoms with E-state index in [-0.39, 0.29) is 12.2 Å². The summed E-state index contributed by atoms with van der Waals surface area (Å²) in [5, 5.41) is 12.6. The molecule has 0 radical (unpaired) electrons. The SMILES string of the molecule is C[C@@H](NC(=O)[C@H](O)CCc1ccccc1)c1ccc(OCC(F)(F)F)cn1. The van der Waals surface area contributed by atoms with Gasteiger partial charge < -0.3 is 15.2 Å². The molecule has 2 atom stereocenters. The Kier molecular flexibility index (Phi) is 7.18. The van der Waals surface area contributed by atoms with Crippen LogP contribution < -0.4 is 10.1 Å². The second-order valence-corrected chi connectivity index (χ2v) is 6.09. The standard InChI is InChI=1S/C19H21F3N2O3/c1-13(16-9-8-15(11-23-16)27-12-19(20,21)22)24-18(26)17(25)10-7-14-5-3-2-4-6-14/h2-6,8-9,11,13,17,25H,7,10,12H2,1H3,(H,24,26)/t13-,17-/m1/s1. The van der Waals surface area contributed by atoms with Gasteiger partial charge in [-0.3, -0.25) is 9.78 Å². The maximum atomic E-state index is 12.1. The molecular weight excluding hydrogens is 361 g/mol. The number of halogens is 3. The van der Waals surface area contributed by atoms with Crippen LogP contribution in [0.1, 0.15) is 30.6 Å². The molecule has 1 aromatic carbocycles. The highest BCUT2D eigenvalue weighted by Gasteiger charge is 2.28. The minimum absolute atomic E-state index is 0.0162. The van der Waals surface area contributed by atoms with E-state index in [1.165, 1.54) is 12.1 Å². The molecule has 27 heavy (non-hydrogen) atoms. The van der Waals surface area contributed by atoms with Gasteiger partial charge in [-0.05, 0) is 37.5 Å². The summed E-state index contributed by atoms with van der Waals surface area (Å²) >= 11 is 0. The van der Waals surface area contributed by atoms with Crippen LogP contribution in [-0.4, -0.2) is 34.9 Å². The number of benzene rings is 1. The second kappa shape index (κ2) is 9.36. The zero-order chi connectivity index (χ0) is 19.9. The maximum Gasteiger partial charge on any atom is 0.422 e. The van der Waals surface area contributed by atoms with Crippen LogP contribution in [0.2, 0.25) is 0 Å². The topological polar surface area (TPSA) is 71.5 Å². The van der Waals surface area contributed by atoms with E-state index in [1.807, 2.05) is 30.3 Å². The summed E-state index contributed by atoms with van der Waals surface area (Å²) in [5.41, 5.74) is 1.46. The summed E-state index contributed by atoms with van der Waals surface area (Å²) in [4.78, 5) is 16.1. The highest BCUT2D eigenvalue weighted by atomic mass is 19.4. The fourth-order valence-electron chi connectivity index (χ4n) is 2.36. The quantitative estimate of drug-likeness (QED) is 0.736. The Bertz CT molecular complexity index is 721. The molecule has 146 valence electrons. The Morgan fingerprint density at radius 2 is 1.93 bits per heavy atom. The molecule has 2 rings (SSSR count). The number of amides is 1. The summed E-state index contributed by atoms with van der Waals surface area (Å²) in [6.45, 7) is 0.272. The maximum absolute atomic E-state index is 12.1. The molecule has 0 aliphatic rings. The third kappa shape index (κ3) is 7.26. The fourth-order valence-corrected chi connectivity index (χ4v) is 2.36. The number of alkyl halides is 3. The van der Waals surface area contributed by atoms with Crippen LogP contribution in [0.3, 0.4) is 0 Å². The molecule has 0 bridgehead atoms. The van der Waals surface area contributed by atoms with Crippen molar-refractivity contribution >= 4 is 5.91 Å². The van der Waals surface area contributed by atoms with Crippen molar-refractivity contribution in [1.29, 1.82) is 0 Å². The molecule has 1 heterocycles. The largest absolute Gasteiger partial charge is 0.483 e. The van der Waals surface area contributed by atoms with Crippen molar-refractivity contribution in [3.05, 3.63) is 59.9 Å². The van der Waals surface area contributed by atoms with Crippen LogP contribution in [-0.2, 0) is 11.2 Å². The van der Waals surface area contributed by atoms with E-state index in [2.05, 4.69) is 15.0 Å². The number of nitrogens with zero attached hydrogens (tertiary/aromatic N) is 1. The van der Waals surface area contributed by atoms with Crippen LogP contribution in [0.15, 0.2) is 48.7 Å². The van der Waals surface area contributed by atoms with Crippen molar-refractivity contribution in [2.45, 2.75) is 38.1 Å². The van der Waals surface area contributed by atoms with Crippen molar-refractivity contribution < 1.29 is 27.8 Å².